The summed E-state index contributed by atoms with van der Waals surface area (Å²) in [4.78, 5) is 26.2. The highest BCUT2D eigenvalue weighted by molar-refractivity contribution is 6.34. The highest BCUT2D eigenvalue weighted by atomic mass is 35.5. The smallest absolute Gasteiger partial charge is 0.334 e. The fourth-order valence-electron chi connectivity index (χ4n) is 1.64. The zero-order chi connectivity index (χ0) is 14.7. The lowest BCUT2D eigenvalue weighted by atomic mass is 10.1. The number of benzene rings is 1. The fourth-order valence-corrected chi connectivity index (χ4v) is 1.90. The van der Waals surface area contributed by atoms with Crippen molar-refractivity contribution >= 4 is 34.2 Å². The third kappa shape index (κ3) is 3.04. The van der Waals surface area contributed by atoms with Crippen molar-refractivity contribution < 1.29 is 19.8 Å². The van der Waals surface area contributed by atoms with Crippen LogP contribution in [0.1, 0.15) is 10.5 Å². The number of hydrogen-bond donors (Lipinski definition) is 3. The van der Waals surface area contributed by atoms with Gasteiger partial charge in [0.25, 0.3) is 5.91 Å². The first-order valence-electron chi connectivity index (χ1n) is 5.73. The van der Waals surface area contributed by atoms with Crippen LogP contribution in [-0.4, -0.2) is 39.7 Å². The summed E-state index contributed by atoms with van der Waals surface area (Å²) in [7, 11) is 0. The standard InChI is InChI=1S/C13H11ClN2O4/c14-11-8-4-2-1-3-7(8)5-9(16-11)12(18)15-6-10(17)13(19)20/h1-5,10,17H,6H2,(H,15,18)(H,19,20). The number of halogens is 1. The number of amides is 1. The van der Waals surface area contributed by atoms with Gasteiger partial charge in [-0.2, -0.15) is 0 Å². The monoisotopic (exact) mass is 294 g/mol. The molecule has 0 spiro atoms. The van der Waals surface area contributed by atoms with Crippen LogP contribution in [-0.2, 0) is 4.79 Å². The Kier molecular flexibility index (Phi) is 4.16. The van der Waals surface area contributed by atoms with Gasteiger partial charge in [-0.3, -0.25) is 4.79 Å². The number of hydrogen-bond acceptors (Lipinski definition) is 4. The first-order valence-corrected chi connectivity index (χ1v) is 6.11. The van der Waals surface area contributed by atoms with E-state index in [0.717, 1.165) is 10.8 Å². The molecule has 1 atom stereocenters. The van der Waals surface area contributed by atoms with Crippen LogP contribution < -0.4 is 5.32 Å². The van der Waals surface area contributed by atoms with Crippen LogP contribution in [0.4, 0.5) is 0 Å². The van der Waals surface area contributed by atoms with Gasteiger partial charge in [0.05, 0.1) is 6.54 Å². The predicted octanol–water partition coefficient (Wildman–Crippen LogP) is 1.06. The van der Waals surface area contributed by atoms with Crippen molar-refractivity contribution in [3.05, 3.63) is 41.2 Å². The van der Waals surface area contributed by atoms with E-state index < -0.39 is 24.5 Å². The lowest BCUT2D eigenvalue weighted by Gasteiger charge is -2.08. The predicted molar refractivity (Wildman–Crippen MR) is 72.7 cm³/mol. The molecule has 2 aromatic rings. The minimum atomic E-state index is -1.66. The molecule has 0 bridgehead atoms. The summed E-state index contributed by atoms with van der Waals surface area (Å²) in [5.74, 6) is -2.01. The number of carbonyl (C=O) groups excluding carboxylic acids is 1. The molecule has 2 rings (SSSR count). The summed E-state index contributed by atoms with van der Waals surface area (Å²) in [5, 5.41) is 21.5. The quantitative estimate of drug-likeness (QED) is 0.732. The molecular weight excluding hydrogens is 284 g/mol. The van der Waals surface area contributed by atoms with Gasteiger partial charge < -0.3 is 15.5 Å². The van der Waals surface area contributed by atoms with E-state index in [2.05, 4.69) is 10.3 Å². The Hall–Kier alpha value is -2.18. The SMILES string of the molecule is O=C(NCC(O)C(=O)O)c1cc2ccccc2c(Cl)n1. The van der Waals surface area contributed by atoms with E-state index in [1.165, 1.54) is 0 Å². The van der Waals surface area contributed by atoms with Crippen LogP contribution in [0.25, 0.3) is 10.8 Å². The van der Waals surface area contributed by atoms with Gasteiger partial charge >= 0.3 is 5.97 Å². The summed E-state index contributed by atoms with van der Waals surface area (Å²) in [6.07, 6.45) is -1.66. The molecule has 7 heteroatoms. The fraction of sp³-hybridized carbons (Fsp3) is 0.154. The van der Waals surface area contributed by atoms with E-state index in [1.54, 1.807) is 30.3 Å². The Morgan fingerprint density at radius 3 is 2.75 bits per heavy atom. The second-order valence-electron chi connectivity index (χ2n) is 4.08. The Labute approximate surface area is 119 Å². The van der Waals surface area contributed by atoms with Crippen LogP contribution in [0.5, 0.6) is 0 Å². The number of carboxylic acids is 1. The molecule has 3 N–H and O–H groups in total. The molecule has 104 valence electrons. The van der Waals surface area contributed by atoms with E-state index in [9.17, 15) is 9.59 Å². The van der Waals surface area contributed by atoms with Crippen molar-refractivity contribution in [2.24, 2.45) is 0 Å². The maximum Gasteiger partial charge on any atom is 0.334 e. The number of nitrogens with one attached hydrogen (secondary N) is 1. The van der Waals surface area contributed by atoms with E-state index in [1.807, 2.05) is 0 Å². The number of pyridine rings is 1. The van der Waals surface area contributed by atoms with Gasteiger partial charge in [-0.05, 0) is 11.5 Å². The summed E-state index contributed by atoms with van der Waals surface area (Å²) in [5.41, 5.74) is 0.0614. The number of carboxylic acid groups (broad SMARTS) is 1. The van der Waals surface area contributed by atoms with Gasteiger partial charge in [-0.25, -0.2) is 9.78 Å². The van der Waals surface area contributed by atoms with Crippen molar-refractivity contribution in [1.29, 1.82) is 0 Å². The normalized spacial score (nSPS) is 12.1. The molecule has 1 heterocycles. The van der Waals surface area contributed by atoms with Gasteiger partial charge in [0.15, 0.2) is 6.10 Å². The average Bonchev–Trinajstić information content (AvgIpc) is 2.44. The number of nitrogens with zero attached hydrogens (tertiary/aromatic N) is 1. The Bertz CT molecular complexity index is 674. The second kappa shape index (κ2) is 5.85. The van der Waals surface area contributed by atoms with Crippen LogP contribution in [0, 0.1) is 0 Å². The lowest BCUT2D eigenvalue weighted by Crippen LogP contribution is -2.36. The summed E-state index contributed by atoms with van der Waals surface area (Å²) in [6, 6.07) is 8.71. The van der Waals surface area contributed by atoms with Gasteiger partial charge in [0.2, 0.25) is 0 Å². The van der Waals surface area contributed by atoms with E-state index in [4.69, 9.17) is 21.8 Å². The maximum atomic E-state index is 11.8. The molecule has 6 nitrogen and oxygen atoms in total. The first kappa shape index (κ1) is 14.2. The molecule has 0 saturated heterocycles. The van der Waals surface area contributed by atoms with Crippen LogP contribution in [0.2, 0.25) is 5.15 Å². The molecule has 1 aromatic heterocycles. The van der Waals surface area contributed by atoms with Crippen molar-refractivity contribution in [1.82, 2.24) is 10.3 Å². The first-order chi connectivity index (χ1) is 9.49. The molecule has 0 aliphatic heterocycles. The number of aromatic nitrogens is 1. The minimum absolute atomic E-state index is 0.0614. The summed E-state index contributed by atoms with van der Waals surface area (Å²) < 4.78 is 0. The molecule has 20 heavy (non-hydrogen) atoms. The molecule has 0 fully saturated rings. The van der Waals surface area contributed by atoms with Crippen molar-refractivity contribution in [3.8, 4) is 0 Å². The Morgan fingerprint density at radius 1 is 1.35 bits per heavy atom. The molecular formula is C13H11ClN2O4. The minimum Gasteiger partial charge on any atom is -0.479 e. The number of rotatable bonds is 4. The average molecular weight is 295 g/mol. The van der Waals surface area contributed by atoms with Gasteiger partial charge in [0.1, 0.15) is 10.8 Å². The number of fused-ring (bicyclic) bond motifs is 1. The number of carbonyl (C=O) groups is 2. The maximum absolute atomic E-state index is 11.8. The summed E-state index contributed by atoms with van der Waals surface area (Å²) >= 11 is 5.98. The zero-order valence-electron chi connectivity index (χ0n) is 10.2. The van der Waals surface area contributed by atoms with Crippen LogP contribution in [0.15, 0.2) is 30.3 Å². The van der Waals surface area contributed by atoms with Crippen molar-refractivity contribution in [2.45, 2.75) is 6.10 Å². The Balaban J connectivity index is 2.20. The van der Waals surface area contributed by atoms with Crippen LogP contribution in [0.3, 0.4) is 0 Å². The van der Waals surface area contributed by atoms with Gasteiger partial charge in [-0.1, -0.05) is 35.9 Å². The lowest BCUT2D eigenvalue weighted by molar-refractivity contribution is -0.146. The topological polar surface area (TPSA) is 99.5 Å². The third-order valence-corrected chi connectivity index (χ3v) is 2.96. The van der Waals surface area contributed by atoms with Crippen LogP contribution >= 0.6 is 11.6 Å². The highest BCUT2D eigenvalue weighted by Gasteiger charge is 2.16. The molecule has 1 aromatic carbocycles. The van der Waals surface area contributed by atoms with Gasteiger partial charge in [0, 0.05) is 5.39 Å². The van der Waals surface area contributed by atoms with E-state index in [-0.39, 0.29) is 10.8 Å². The molecule has 0 aliphatic rings. The highest BCUT2D eigenvalue weighted by Crippen LogP contribution is 2.22. The zero-order valence-corrected chi connectivity index (χ0v) is 11.0. The van der Waals surface area contributed by atoms with E-state index >= 15 is 0 Å². The third-order valence-electron chi connectivity index (χ3n) is 2.67. The Morgan fingerprint density at radius 2 is 2.05 bits per heavy atom. The molecule has 0 aliphatic carbocycles. The largest absolute Gasteiger partial charge is 0.479 e. The van der Waals surface area contributed by atoms with Gasteiger partial charge in [-0.15, -0.1) is 0 Å². The van der Waals surface area contributed by atoms with Crippen molar-refractivity contribution in [3.63, 3.8) is 0 Å². The summed E-state index contributed by atoms with van der Waals surface area (Å²) in [6.45, 7) is -0.402. The molecule has 1 amide bonds. The number of aliphatic hydroxyl groups excluding tert-OH is 1. The second-order valence-corrected chi connectivity index (χ2v) is 4.44. The number of aliphatic hydroxyl groups is 1. The van der Waals surface area contributed by atoms with E-state index in [0.29, 0.717) is 0 Å². The molecule has 1 unspecified atom stereocenters. The van der Waals surface area contributed by atoms with Crippen molar-refractivity contribution in [2.75, 3.05) is 6.54 Å². The molecule has 0 saturated carbocycles. The molecule has 0 radical (unpaired) electrons. The number of aliphatic carboxylic acids is 1.